The van der Waals surface area contributed by atoms with Crippen molar-refractivity contribution in [1.82, 2.24) is 0 Å². The Kier molecular flexibility index (Phi) is 3.88. The Morgan fingerprint density at radius 2 is 1.76 bits per heavy atom. The van der Waals surface area contributed by atoms with Crippen molar-refractivity contribution in [2.75, 3.05) is 0 Å². The fourth-order valence-electron chi connectivity index (χ4n) is 3.27. The van der Waals surface area contributed by atoms with Crippen LogP contribution in [-0.4, -0.2) is 7.85 Å². The molecule has 2 aromatic rings. The van der Waals surface area contributed by atoms with Crippen LogP contribution < -0.4 is 5.46 Å². The topological polar surface area (TPSA) is 0 Å². The van der Waals surface area contributed by atoms with Gasteiger partial charge in [-0.3, -0.25) is 0 Å². The van der Waals surface area contributed by atoms with E-state index in [2.05, 4.69) is 32.0 Å². The molecule has 21 heavy (non-hydrogen) atoms. The van der Waals surface area contributed by atoms with Crippen LogP contribution in [0.2, 0.25) is 0 Å². The molecular formula is C19H20BF. The summed E-state index contributed by atoms with van der Waals surface area (Å²) in [5, 5.41) is 0. The van der Waals surface area contributed by atoms with Gasteiger partial charge in [0, 0.05) is 0 Å². The van der Waals surface area contributed by atoms with E-state index in [1.807, 2.05) is 6.07 Å². The molecule has 0 fully saturated rings. The Hall–Kier alpha value is -1.57. The second kappa shape index (κ2) is 5.67. The molecule has 0 heterocycles. The molecule has 1 aliphatic rings. The molecule has 1 aliphatic carbocycles. The van der Waals surface area contributed by atoms with E-state index >= 15 is 0 Å². The van der Waals surface area contributed by atoms with Crippen molar-refractivity contribution in [2.45, 2.75) is 33.1 Å². The average molecular weight is 278 g/mol. The average Bonchev–Trinajstić information content (AvgIpc) is 2.92. The first-order valence-corrected chi connectivity index (χ1v) is 7.75. The molecule has 2 heteroatoms. The fourth-order valence-corrected chi connectivity index (χ4v) is 3.27. The lowest BCUT2D eigenvalue weighted by molar-refractivity contribution is 0.363. The van der Waals surface area contributed by atoms with Crippen LogP contribution in [0.15, 0.2) is 36.4 Å². The van der Waals surface area contributed by atoms with Gasteiger partial charge in [-0.15, -0.1) is 0 Å². The zero-order chi connectivity index (χ0) is 15.0. The van der Waals surface area contributed by atoms with E-state index in [4.69, 9.17) is 7.85 Å². The molecule has 0 aliphatic heterocycles. The molecule has 0 saturated heterocycles. The summed E-state index contributed by atoms with van der Waals surface area (Å²) in [5.41, 5.74) is 5.07. The van der Waals surface area contributed by atoms with Crippen LogP contribution in [0.1, 0.15) is 31.4 Å². The van der Waals surface area contributed by atoms with Crippen LogP contribution in [0, 0.1) is 17.7 Å². The van der Waals surface area contributed by atoms with Gasteiger partial charge >= 0.3 is 0 Å². The number of hydrogen-bond acceptors (Lipinski definition) is 0. The lowest BCUT2D eigenvalue weighted by Crippen LogP contribution is -2.10. The van der Waals surface area contributed by atoms with Gasteiger partial charge in [0.2, 0.25) is 0 Å². The van der Waals surface area contributed by atoms with Crippen LogP contribution in [0.25, 0.3) is 11.1 Å². The normalized spacial score (nSPS) is 18.5. The van der Waals surface area contributed by atoms with E-state index < -0.39 is 0 Å². The van der Waals surface area contributed by atoms with Crippen LogP contribution in [0.4, 0.5) is 4.39 Å². The molecule has 0 amide bonds. The molecule has 2 unspecified atom stereocenters. The zero-order valence-corrected chi connectivity index (χ0v) is 12.7. The quantitative estimate of drug-likeness (QED) is 0.743. The van der Waals surface area contributed by atoms with Crippen LogP contribution in [0.5, 0.6) is 0 Å². The van der Waals surface area contributed by atoms with E-state index in [9.17, 15) is 4.39 Å². The van der Waals surface area contributed by atoms with Crippen LogP contribution in [0.3, 0.4) is 0 Å². The highest BCUT2D eigenvalue weighted by molar-refractivity contribution is 6.32. The minimum absolute atomic E-state index is 0.205. The highest BCUT2D eigenvalue weighted by atomic mass is 19.1. The Morgan fingerprint density at radius 3 is 2.48 bits per heavy atom. The predicted octanol–water partition coefficient (Wildman–Crippen LogP) is 4.05. The highest BCUT2D eigenvalue weighted by Crippen LogP contribution is 2.35. The van der Waals surface area contributed by atoms with Crippen molar-refractivity contribution in [1.29, 1.82) is 0 Å². The van der Waals surface area contributed by atoms with E-state index in [0.29, 0.717) is 0 Å². The van der Waals surface area contributed by atoms with Crippen molar-refractivity contribution in [2.24, 2.45) is 11.8 Å². The molecule has 0 aromatic heterocycles. The predicted molar refractivity (Wildman–Crippen MR) is 87.6 cm³/mol. The summed E-state index contributed by atoms with van der Waals surface area (Å²) in [5.74, 6) is 1.17. The fraction of sp³-hybridized carbons (Fsp3) is 0.368. The van der Waals surface area contributed by atoms with Gasteiger partial charge in [0.15, 0.2) is 0 Å². The summed E-state index contributed by atoms with van der Waals surface area (Å²) < 4.78 is 13.6. The third kappa shape index (κ3) is 2.77. The maximum atomic E-state index is 13.6. The first kappa shape index (κ1) is 14.4. The lowest BCUT2D eigenvalue weighted by atomic mass is 9.89. The Bertz CT molecular complexity index is 663. The molecule has 0 saturated carbocycles. The maximum absolute atomic E-state index is 13.6. The second-order valence-corrected chi connectivity index (χ2v) is 6.27. The summed E-state index contributed by atoms with van der Waals surface area (Å²) in [6.07, 6.45) is 3.56. The SMILES string of the molecule is [B]c1ccc(-c2ccc3c(c2)CC(C(C)CC)C3)cc1F. The smallest absolute Gasteiger partial charge is 0.117 e. The van der Waals surface area contributed by atoms with E-state index in [0.717, 1.165) is 29.4 Å². The zero-order valence-electron chi connectivity index (χ0n) is 12.7. The first-order valence-electron chi connectivity index (χ1n) is 7.75. The summed E-state index contributed by atoms with van der Waals surface area (Å²) in [4.78, 5) is 0. The molecule has 106 valence electrons. The Morgan fingerprint density at radius 1 is 1.10 bits per heavy atom. The molecule has 3 rings (SSSR count). The number of benzene rings is 2. The second-order valence-electron chi connectivity index (χ2n) is 6.27. The molecule has 0 nitrogen and oxygen atoms in total. The molecule has 2 aromatic carbocycles. The first-order chi connectivity index (χ1) is 10.1. The Balaban J connectivity index is 1.90. The monoisotopic (exact) mass is 278 g/mol. The minimum atomic E-state index is -0.342. The van der Waals surface area contributed by atoms with Gasteiger partial charge in [0.1, 0.15) is 13.7 Å². The van der Waals surface area contributed by atoms with E-state index in [-0.39, 0.29) is 11.3 Å². The van der Waals surface area contributed by atoms with Crippen molar-refractivity contribution in [3.05, 3.63) is 53.3 Å². The van der Waals surface area contributed by atoms with Crippen molar-refractivity contribution in [3.63, 3.8) is 0 Å². The van der Waals surface area contributed by atoms with Gasteiger partial charge in [-0.2, -0.15) is 0 Å². The number of halogens is 1. The molecule has 2 atom stereocenters. The largest absolute Gasteiger partial charge is 0.208 e. The number of fused-ring (bicyclic) bond motifs is 1. The third-order valence-electron chi connectivity index (χ3n) is 4.95. The van der Waals surface area contributed by atoms with Gasteiger partial charge in [-0.25, -0.2) is 4.39 Å². The van der Waals surface area contributed by atoms with Gasteiger partial charge in [-0.05, 0) is 53.0 Å². The summed E-state index contributed by atoms with van der Waals surface area (Å²) in [7, 11) is 5.55. The van der Waals surface area contributed by atoms with Crippen LogP contribution in [-0.2, 0) is 12.8 Å². The van der Waals surface area contributed by atoms with Crippen molar-refractivity contribution >= 4 is 13.3 Å². The highest BCUT2D eigenvalue weighted by Gasteiger charge is 2.25. The molecule has 0 N–H and O–H groups in total. The molecule has 2 radical (unpaired) electrons. The summed E-state index contributed by atoms with van der Waals surface area (Å²) in [6.45, 7) is 4.60. The molecule has 0 bridgehead atoms. The summed E-state index contributed by atoms with van der Waals surface area (Å²) in [6, 6.07) is 11.6. The van der Waals surface area contributed by atoms with Crippen LogP contribution >= 0.6 is 0 Å². The van der Waals surface area contributed by atoms with Gasteiger partial charge in [0.05, 0.1) is 0 Å². The Labute approximate surface area is 127 Å². The van der Waals surface area contributed by atoms with E-state index in [1.54, 1.807) is 6.07 Å². The number of rotatable bonds is 3. The molecular weight excluding hydrogens is 258 g/mol. The number of hydrogen-bond donors (Lipinski definition) is 0. The lowest BCUT2D eigenvalue weighted by Gasteiger charge is -2.16. The van der Waals surface area contributed by atoms with Gasteiger partial charge in [-0.1, -0.05) is 56.1 Å². The van der Waals surface area contributed by atoms with E-state index in [1.165, 1.54) is 30.0 Å². The van der Waals surface area contributed by atoms with Crippen molar-refractivity contribution < 1.29 is 4.39 Å². The summed E-state index contributed by atoms with van der Waals surface area (Å²) >= 11 is 0. The van der Waals surface area contributed by atoms with Gasteiger partial charge in [0.25, 0.3) is 0 Å². The standard InChI is InChI=1S/C19H20BF/c1-3-12(2)16-8-14-5-4-13(9-17(14)10-16)15-6-7-18(20)19(21)11-15/h4-7,9,11-12,16H,3,8,10H2,1-2H3. The molecule has 0 spiro atoms. The third-order valence-corrected chi connectivity index (χ3v) is 4.95. The maximum Gasteiger partial charge on any atom is 0.117 e. The van der Waals surface area contributed by atoms with Gasteiger partial charge < -0.3 is 0 Å². The minimum Gasteiger partial charge on any atom is -0.208 e. The van der Waals surface area contributed by atoms with Crippen molar-refractivity contribution in [3.8, 4) is 11.1 Å².